The fourth-order valence-corrected chi connectivity index (χ4v) is 8.38. The molecular formula is C47H66O11. The van der Waals surface area contributed by atoms with Gasteiger partial charge in [0.05, 0.1) is 42.7 Å². The summed E-state index contributed by atoms with van der Waals surface area (Å²) in [6.07, 6.45) is 28.3. The number of esters is 1. The van der Waals surface area contributed by atoms with Gasteiger partial charge in [-0.25, -0.2) is 4.79 Å². The molecule has 7 bridgehead atoms. The summed E-state index contributed by atoms with van der Waals surface area (Å²) in [6.45, 7) is 8.15. The smallest absolute Gasteiger partial charge is 0.331 e. The maximum atomic E-state index is 13.0. The van der Waals surface area contributed by atoms with Crippen LogP contribution in [0.4, 0.5) is 0 Å². The molecule has 3 saturated heterocycles. The Morgan fingerprint density at radius 3 is 2.34 bits per heavy atom. The molecule has 0 spiro atoms. The van der Waals surface area contributed by atoms with Crippen LogP contribution >= 0.6 is 0 Å². The summed E-state index contributed by atoms with van der Waals surface area (Å²) in [5.74, 6) is -1.09. The van der Waals surface area contributed by atoms with Gasteiger partial charge in [0.25, 0.3) is 0 Å². The van der Waals surface area contributed by atoms with E-state index in [1.807, 2.05) is 62.5 Å². The number of unbranched alkanes of at least 4 members (excludes halogenated alkanes) is 1. The standard InChI is InChI=1S/C47H66O11/c1-30(17-14-15-23-44(50)51)27-31(2)47-40-26-25-34(54-47)18-10-6-5-7-11-19-35(48)46(53)43-28-36(49)32(3)37(56-43)21-16-22-38-33(4)41-29-42(55-38)39(57-41)20-12-8-9-13-24-45(52)58-40/h6,8-13,16,19-20,22,24-27,30,32-43,46-49,53H,5,7,14-15,17-18,21,23,28-29H2,1-4H3,(H,50,51)/b9-8-,10-6+,19-11+,20-12+,22-16+,24-13-,31-27+/t30-,32-,33?,34+,35+,36+,37-,38+,39?,40+,41?,42+,43-,46+,47+/m1/s1. The predicted octanol–water partition coefficient (Wildman–Crippen LogP) is 6.80. The third kappa shape index (κ3) is 13.6. The van der Waals surface area contributed by atoms with E-state index >= 15 is 0 Å². The molecule has 11 nitrogen and oxygen atoms in total. The molecule has 0 saturated carbocycles. The third-order valence-corrected chi connectivity index (χ3v) is 12.0. The molecule has 6 heterocycles. The maximum absolute atomic E-state index is 13.0. The van der Waals surface area contributed by atoms with Crippen molar-refractivity contribution in [3.63, 3.8) is 0 Å². The second-order valence-electron chi connectivity index (χ2n) is 16.6. The minimum atomic E-state index is -1.18. The number of aliphatic carboxylic acids is 1. The van der Waals surface area contributed by atoms with Gasteiger partial charge >= 0.3 is 11.9 Å². The van der Waals surface area contributed by atoms with Gasteiger partial charge in [0.2, 0.25) is 0 Å². The van der Waals surface area contributed by atoms with Crippen molar-refractivity contribution < 1.29 is 53.7 Å². The van der Waals surface area contributed by atoms with E-state index in [2.05, 4.69) is 32.1 Å². The average Bonchev–Trinajstić information content (AvgIpc) is 3.54. The highest BCUT2D eigenvalue weighted by atomic mass is 16.6. The molecule has 58 heavy (non-hydrogen) atoms. The van der Waals surface area contributed by atoms with Gasteiger partial charge in [-0.3, -0.25) is 4.79 Å². The Bertz CT molecular complexity index is 1570. The molecule has 0 aliphatic carbocycles. The summed E-state index contributed by atoms with van der Waals surface area (Å²) in [7, 11) is 0. The lowest BCUT2D eigenvalue weighted by Gasteiger charge is -2.40. The molecule has 0 aromatic carbocycles. The Morgan fingerprint density at radius 1 is 0.759 bits per heavy atom. The van der Waals surface area contributed by atoms with Crippen LogP contribution in [0.3, 0.4) is 0 Å². The first-order valence-corrected chi connectivity index (χ1v) is 21.3. The molecule has 0 amide bonds. The summed E-state index contributed by atoms with van der Waals surface area (Å²) in [5, 5.41) is 41.7. The number of hydrogen-bond acceptors (Lipinski definition) is 10. The average molecular weight is 807 g/mol. The fraction of sp³-hybridized carbons (Fsp3) is 0.617. The highest BCUT2D eigenvalue weighted by Crippen LogP contribution is 2.38. The van der Waals surface area contributed by atoms with Gasteiger partial charge in [0.1, 0.15) is 24.4 Å². The zero-order chi connectivity index (χ0) is 41.6. The number of carboxylic acid groups (broad SMARTS) is 1. The summed E-state index contributed by atoms with van der Waals surface area (Å²) >= 11 is 0. The van der Waals surface area contributed by atoms with Crippen molar-refractivity contribution in [3.05, 3.63) is 96.7 Å². The van der Waals surface area contributed by atoms with Gasteiger partial charge in [0.15, 0.2) is 6.10 Å². The van der Waals surface area contributed by atoms with Crippen molar-refractivity contribution in [2.45, 2.75) is 165 Å². The Hall–Kier alpha value is -3.42. The number of hydrogen-bond donors (Lipinski definition) is 4. The largest absolute Gasteiger partial charge is 0.481 e. The Morgan fingerprint density at radius 2 is 1.53 bits per heavy atom. The predicted molar refractivity (Wildman–Crippen MR) is 222 cm³/mol. The Kier molecular flexibility index (Phi) is 18.0. The van der Waals surface area contributed by atoms with Gasteiger partial charge in [-0.05, 0) is 63.0 Å². The highest BCUT2D eigenvalue weighted by molar-refractivity contribution is 5.82. The van der Waals surface area contributed by atoms with E-state index in [1.165, 1.54) is 6.08 Å². The van der Waals surface area contributed by atoms with Crippen LogP contribution in [0.25, 0.3) is 0 Å². The SMILES string of the molecule is C/C(=C\[C@H](C)CCCCC(=O)O)[C@@H]1O[C@@H]2C=C[C@@H]1OC(=O)\C=C/C=C\C=C\C1OC3C[C@@H]1O[C@@H](/C=C/C[C@H]1O[C@H](C[C@H](O)[C@H]1C)[C@@H](O)[C@@H](O)/C=C/CC/C=C/C2)C3C. The fourth-order valence-electron chi connectivity index (χ4n) is 8.38. The first-order chi connectivity index (χ1) is 27.9. The molecule has 11 heteroatoms. The quantitative estimate of drug-likeness (QED) is 0.122. The molecule has 3 unspecified atom stereocenters. The molecule has 6 aliphatic heterocycles. The minimum Gasteiger partial charge on any atom is -0.481 e. The summed E-state index contributed by atoms with van der Waals surface area (Å²) in [5.41, 5.74) is 0.945. The lowest BCUT2D eigenvalue weighted by molar-refractivity contribution is -0.175. The number of ether oxygens (including phenoxy) is 5. The van der Waals surface area contributed by atoms with Crippen molar-refractivity contribution in [2.75, 3.05) is 0 Å². The van der Waals surface area contributed by atoms with Gasteiger partial charge in [0, 0.05) is 37.2 Å². The molecule has 320 valence electrons. The molecule has 0 radical (unpaired) electrons. The molecular weight excluding hydrogens is 741 g/mol. The monoisotopic (exact) mass is 806 g/mol. The van der Waals surface area contributed by atoms with Crippen molar-refractivity contribution in [3.8, 4) is 0 Å². The summed E-state index contributed by atoms with van der Waals surface area (Å²) in [4.78, 5) is 23.9. The lowest BCUT2D eigenvalue weighted by atomic mass is 9.85. The number of rotatable bonds is 7. The van der Waals surface area contributed by atoms with Crippen LogP contribution in [0.1, 0.15) is 91.9 Å². The minimum absolute atomic E-state index is 0.0508. The van der Waals surface area contributed by atoms with Crippen LogP contribution in [-0.4, -0.2) is 106 Å². The van der Waals surface area contributed by atoms with Gasteiger partial charge in [-0.1, -0.05) is 106 Å². The molecule has 4 N–H and O–H groups in total. The number of fused-ring (bicyclic) bond motifs is 13. The number of carbonyl (C=O) groups excluding carboxylic acids is 1. The zero-order valence-electron chi connectivity index (χ0n) is 34.5. The van der Waals surface area contributed by atoms with E-state index in [9.17, 15) is 24.9 Å². The lowest BCUT2D eigenvalue weighted by Crippen LogP contribution is -2.50. The van der Waals surface area contributed by atoms with Gasteiger partial charge in [-0.15, -0.1) is 0 Å². The summed E-state index contributed by atoms with van der Waals surface area (Å²) in [6, 6.07) is 0. The molecule has 15 atom stereocenters. The molecule has 0 aromatic rings. The third-order valence-electron chi connectivity index (χ3n) is 12.0. The molecule has 6 aliphatic rings. The van der Waals surface area contributed by atoms with Crippen LogP contribution in [0, 0.1) is 17.8 Å². The van der Waals surface area contributed by atoms with Crippen molar-refractivity contribution in [2.24, 2.45) is 17.8 Å². The number of carboxylic acids is 1. The van der Waals surface area contributed by atoms with E-state index < -0.39 is 48.6 Å². The number of carbonyl (C=O) groups is 2. The van der Waals surface area contributed by atoms with E-state index in [0.29, 0.717) is 25.7 Å². The second kappa shape index (κ2) is 22.8. The number of allylic oxidation sites excluding steroid dienone is 7. The van der Waals surface area contributed by atoms with Crippen LogP contribution in [0.15, 0.2) is 96.7 Å². The van der Waals surface area contributed by atoms with E-state index in [1.54, 1.807) is 18.2 Å². The van der Waals surface area contributed by atoms with Crippen LogP contribution in [0.2, 0.25) is 0 Å². The molecule has 3 fully saturated rings. The second-order valence-corrected chi connectivity index (χ2v) is 16.6. The van der Waals surface area contributed by atoms with E-state index in [-0.39, 0.29) is 67.2 Å². The molecule has 0 aromatic heterocycles. The van der Waals surface area contributed by atoms with Crippen LogP contribution in [0.5, 0.6) is 0 Å². The Labute approximate surface area is 344 Å². The van der Waals surface area contributed by atoms with Crippen LogP contribution < -0.4 is 0 Å². The Balaban J connectivity index is 1.29. The van der Waals surface area contributed by atoms with Gasteiger partial charge in [-0.2, -0.15) is 0 Å². The van der Waals surface area contributed by atoms with Crippen molar-refractivity contribution in [1.29, 1.82) is 0 Å². The topological polar surface area (TPSA) is 161 Å². The van der Waals surface area contributed by atoms with E-state index in [0.717, 1.165) is 31.3 Å². The van der Waals surface area contributed by atoms with E-state index in [4.69, 9.17) is 28.8 Å². The summed E-state index contributed by atoms with van der Waals surface area (Å²) < 4.78 is 31.5. The maximum Gasteiger partial charge on any atom is 0.331 e. The first-order valence-electron chi connectivity index (χ1n) is 21.3. The van der Waals surface area contributed by atoms with Crippen LogP contribution in [-0.2, 0) is 33.3 Å². The number of aliphatic hydroxyl groups is 3. The zero-order valence-corrected chi connectivity index (χ0v) is 34.5. The first kappa shape index (κ1) is 45.7. The van der Waals surface area contributed by atoms with Gasteiger partial charge < -0.3 is 44.1 Å². The van der Waals surface area contributed by atoms with Crippen molar-refractivity contribution >= 4 is 11.9 Å². The number of aliphatic hydroxyl groups excluding tert-OH is 3. The normalized spacial score (nSPS) is 41.7. The molecule has 6 rings (SSSR count). The highest BCUT2D eigenvalue weighted by Gasteiger charge is 2.45. The van der Waals surface area contributed by atoms with Crippen molar-refractivity contribution in [1.82, 2.24) is 0 Å².